The molecule has 2 aromatic rings. The van der Waals surface area contributed by atoms with Crippen molar-refractivity contribution in [2.24, 2.45) is 0 Å². The Hall–Kier alpha value is -1.63. The summed E-state index contributed by atoms with van der Waals surface area (Å²) in [4.78, 5) is 8.32. The van der Waals surface area contributed by atoms with Crippen molar-refractivity contribution in [1.82, 2.24) is 19.7 Å². The molecule has 7 heteroatoms. The third kappa shape index (κ3) is 3.16. The van der Waals surface area contributed by atoms with Gasteiger partial charge in [-0.1, -0.05) is 0 Å². The number of hydrogen-bond acceptors (Lipinski definition) is 5. The number of nitrogens with zero attached hydrogens (tertiary/aromatic N) is 4. The maximum atomic E-state index is 5.08. The highest BCUT2D eigenvalue weighted by Gasteiger charge is 2.04. The second-order valence-electron chi connectivity index (χ2n) is 3.25. The molecule has 6 nitrogen and oxygen atoms in total. The van der Waals surface area contributed by atoms with E-state index in [1.54, 1.807) is 19.5 Å². The fourth-order valence-electron chi connectivity index (χ4n) is 1.29. The minimum absolute atomic E-state index is 0.515. The lowest BCUT2D eigenvalue weighted by Gasteiger charge is -2.07. The van der Waals surface area contributed by atoms with Crippen molar-refractivity contribution in [2.75, 3.05) is 19.0 Å². The molecule has 0 unspecified atom stereocenters. The van der Waals surface area contributed by atoms with Gasteiger partial charge in [0.25, 0.3) is 0 Å². The smallest absolute Gasteiger partial charge is 0.232 e. The molecule has 0 radical (unpaired) electrons. The van der Waals surface area contributed by atoms with Crippen LogP contribution in [0.15, 0.2) is 29.1 Å². The molecular formula is C10H12BrN5O. The van der Waals surface area contributed by atoms with E-state index in [0.29, 0.717) is 18.4 Å². The van der Waals surface area contributed by atoms with E-state index in [4.69, 9.17) is 4.74 Å². The van der Waals surface area contributed by atoms with E-state index in [1.807, 2.05) is 16.9 Å². The molecule has 0 aromatic carbocycles. The van der Waals surface area contributed by atoms with Gasteiger partial charge in [0.1, 0.15) is 0 Å². The third-order valence-electron chi connectivity index (χ3n) is 2.09. The van der Waals surface area contributed by atoms with Crippen LogP contribution >= 0.6 is 15.9 Å². The average Bonchev–Trinajstić information content (AvgIpc) is 2.84. The van der Waals surface area contributed by atoms with Gasteiger partial charge in [0.15, 0.2) is 0 Å². The molecule has 0 saturated heterocycles. The zero-order valence-electron chi connectivity index (χ0n) is 9.30. The molecule has 0 aliphatic heterocycles. The molecule has 0 saturated carbocycles. The van der Waals surface area contributed by atoms with Gasteiger partial charge in [-0.15, -0.1) is 0 Å². The van der Waals surface area contributed by atoms with Crippen molar-refractivity contribution < 1.29 is 4.74 Å². The Morgan fingerprint density at radius 3 is 3.12 bits per heavy atom. The van der Waals surface area contributed by atoms with Gasteiger partial charge < -0.3 is 10.1 Å². The molecule has 2 heterocycles. The van der Waals surface area contributed by atoms with Gasteiger partial charge in [-0.2, -0.15) is 10.1 Å². The van der Waals surface area contributed by atoms with Crippen molar-refractivity contribution >= 4 is 21.9 Å². The predicted molar refractivity (Wildman–Crippen MR) is 67.0 cm³/mol. The topological polar surface area (TPSA) is 64.9 Å². The molecule has 0 amide bonds. The minimum Gasteiger partial charge on any atom is -0.480 e. The molecule has 0 aliphatic rings. The summed E-state index contributed by atoms with van der Waals surface area (Å²) in [5.74, 6) is 1.05. The molecule has 0 spiro atoms. The molecule has 0 atom stereocenters. The van der Waals surface area contributed by atoms with E-state index in [9.17, 15) is 0 Å². The lowest BCUT2D eigenvalue weighted by molar-refractivity contribution is 0.394. The quantitative estimate of drug-likeness (QED) is 0.907. The zero-order valence-corrected chi connectivity index (χ0v) is 10.9. The maximum absolute atomic E-state index is 5.08. The number of halogens is 1. The van der Waals surface area contributed by atoms with Crippen LogP contribution in [0, 0.1) is 0 Å². The largest absolute Gasteiger partial charge is 0.480 e. The molecule has 0 bridgehead atoms. The van der Waals surface area contributed by atoms with Crippen LogP contribution in [0.2, 0.25) is 0 Å². The van der Waals surface area contributed by atoms with Crippen LogP contribution in [-0.2, 0) is 6.54 Å². The number of nitrogens with one attached hydrogen (secondary N) is 1. The van der Waals surface area contributed by atoms with E-state index >= 15 is 0 Å². The number of rotatable bonds is 5. The van der Waals surface area contributed by atoms with Crippen LogP contribution in [0.4, 0.5) is 5.95 Å². The van der Waals surface area contributed by atoms with Gasteiger partial charge in [0, 0.05) is 18.9 Å². The first-order chi connectivity index (χ1) is 8.29. The van der Waals surface area contributed by atoms with Gasteiger partial charge in [-0.25, -0.2) is 4.98 Å². The minimum atomic E-state index is 0.515. The summed E-state index contributed by atoms with van der Waals surface area (Å²) in [6.45, 7) is 1.46. The number of ether oxygens (including phenoxy) is 1. The third-order valence-corrected chi connectivity index (χ3v) is 2.63. The van der Waals surface area contributed by atoms with Crippen molar-refractivity contribution in [1.29, 1.82) is 0 Å². The first-order valence-electron chi connectivity index (χ1n) is 5.07. The van der Waals surface area contributed by atoms with Crippen LogP contribution < -0.4 is 10.1 Å². The summed E-state index contributed by atoms with van der Waals surface area (Å²) in [6.07, 6.45) is 5.31. The standard InChI is InChI=1S/C10H12BrN5O/c1-17-9-8(11)7-13-10(15-9)12-4-6-16-5-2-3-14-16/h2-3,5,7H,4,6H2,1H3,(H,12,13,15). The van der Waals surface area contributed by atoms with Gasteiger partial charge >= 0.3 is 0 Å². The Morgan fingerprint density at radius 2 is 2.41 bits per heavy atom. The van der Waals surface area contributed by atoms with Crippen molar-refractivity contribution in [3.05, 3.63) is 29.1 Å². The Morgan fingerprint density at radius 1 is 1.53 bits per heavy atom. The molecule has 2 aromatic heterocycles. The van der Waals surface area contributed by atoms with Crippen LogP contribution in [0.5, 0.6) is 5.88 Å². The van der Waals surface area contributed by atoms with E-state index in [0.717, 1.165) is 11.0 Å². The van der Waals surface area contributed by atoms with E-state index in [2.05, 4.69) is 36.3 Å². The second kappa shape index (κ2) is 5.62. The summed E-state index contributed by atoms with van der Waals surface area (Å²) in [7, 11) is 1.57. The Labute approximate surface area is 107 Å². The van der Waals surface area contributed by atoms with Crippen molar-refractivity contribution in [3.8, 4) is 5.88 Å². The van der Waals surface area contributed by atoms with Gasteiger partial charge in [0.2, 0.25) is 11.8 Å². The molecule has 1 N–H and O–H groups in total. The molecule has 90 valence electrons. The summed E-state index contributed by atoms with van der Waals surface area (Å²) in [5.41, 5.74) is 0. The number of aromatic nitrogens is 4. The first kappa shape index (κ1) is 11.8. The van der Waals surface area contributed by atoms with Crippen molar-refractivity contribution in [2.45, 2.75) is 6.54 Å². The van der Waals surface area contributed by atoms with Gasteiger partial charge in [0.05, 0.1) is 24.3 Å². The predicted octanol–water partition coefficient (Wildman–Crippen LogP) is 1.56. The molecule has 0 fully saturated rings. The lowest BCUT2D eigenvalue weighted by Crippen LogP contribution is -2.12. The van der Waals surface area contributed by atoms with E-state index < -0.39 is 0 Å². The monoisotopic (exact) mass is 297 g/mol. The highest BCUT2D eigenvalue weighted by Crippen LogP contribution is 2.21. The highest BCUT2D eigenvalue weighted by molar-refractivity contribution is 9.10. The summed E-state index contributed by atoms with van der Waals surface area (Å²) >= 11 is 3.30. The van der Waals surface area contributed by atoms with Crippen LogP contribution in [0.1, 0.15) is 0 Å². The lowest BCUT2D eigenvalue weighted by atomic mass is 10.6. The normalized spacial score (nSPS) is 10.2. The Kier molecular flexibility index (Phi) is 3.92. The summed E-state index contributed by atoms with van der Waals surface area (Å²) in [6, 6.07) is 1.89. The highest BCUT2D eigenvalue weighted by atomic mass is 79.9. The van der Waals surface area contributed by atoms with Gasteiger partial charge in [-0.05, 0) is 22.0 Å². The zero-order chi connectivity index (χ0) is 12.1. The van der Waals surface area contributed by atoms with Crippen LogP contribution in [-0.4, -0.2) is 33.4 Å². The molecule has 2 rings (SSSR count). The fourth-order valence-corrected chi connectivity index (χ4v) is 1.65. The number of hydrogen-bond donors (Lipinski definition) is 1. The average molecular weight is 298 g/mol. The summed E-state index contributed by atoms with van der Waals surface area (Å²) in [5, 5.41) is 7.20. The fraction of sp³-hybridized carbons (Fsp3) is 0.300. The molecule has 0 aliphatic carbocycles. The SMILES string of the molecule is COc1nc(NCCn2cccn2)ncc1Br. The van der Waals surface area contributed by atoms with Crippen LogP contribution in [0.25, 0.3) is 0 Å². The molecular weight excluding hydrogens is 286 g/mol. The Bertz CT molecular complexity index is 474. The Balaban J connectivity index is 1.90. The second-order valence-corrected chi connectivity index (χ2v) is 4.10. The molecule has 17 heavy (non-hydrogen) atoms. The number of anilines is 1. The maximum Gasteiger partial charge on any atom is 0.232 e. The van der Waals surface area contributed by atoms with E-state index in [-0.39, 0.29) is 0 Å². The van der Waals surface area contributed by atoms with Gasteiger partial charge in [-0.3, -0.25) is 4.68 Å². The van der Waals surface area contributed by atoms with E-state index in [1.165, 1.54) is 0 Å². The summed E-state index contributed by atoms with van der Waals surface area (Å²) < 4.78 is 7.65. The van der Waals surface area contributed by atoms with Crippen molar-refractivity contribution in [3.63, 3.8) is 0 Å². The first-order valence-corrected chi connectivity index (χ1v) is 5.86. The number of methoxy groups -OCH3 is 1. The van der Waals surface area contributed by atoms with Crippen LogP contribution in [0.3, 0.4) is 0 Å².